The molecule has 0 bridgehead atoms. The van der Waals surface area contributed by atoms with Crippen LogP contribution in [0.2, 0.25) is 5.02 Å². The van der Waals surface area contributed by atoms with E-state index < -0.39 is 6.03 Å². The Bertz CT molecular complexity index is 2160. The first kappa shape index (κ1) is 32.7. The number of fused-ring (bicyclic) bond motifs is 3. The molecule has 254 valence electrons. The lowest BCUT2D eigenvalue weighted by molar-refractivity contribution is -0.574. The molecule has 3 aromatic carbocycles. The number of nitrogens with zero attached hydrogens (tertiary/aromatic N) is 5. The van der Waals surface area contributed by atoms with E-state index in [0.29, 0.717) is 47.7 Å². The molecule has 1 aliphatic rings. The standard InChI is InChI=1S/C35H36ClN7O5S/c1-35(2,3)31-18-32(43(39-31)23-8-11-28(44)26(36)16-23)38-33(45)37-19-22-6-4-5-7-29(22)48-25-9-10-27-30(17-25)49-34-41(46)21-24(42(27)34)20-40-12-14-47-15-13-40/h4-11,16-18,21,44H,12-15,19-20H2,1-3H3,(H2,37,38,45). The van der Waals surface area contributed by atoms with Crippen molar-refractivity contribution in [3.8, 4) is 22.9 Å². The highest BCUT2D eigenvalue weighted by Crippen LogP contribution is 2.34. The van der Waals surface area contributed by atoms with Gasteiger partial charge in [0, 0.05) is 42.7 Å². The number of rotatable bonds is 8. The molecule has 3 N–H and O–H groups in total. The number of hydrogen-bond donors (Lipinski definition) is 3. The maximum absolute atomic E-state index is 13.2. The van der Waals surface area contributed by atoms with E-state index in [1.165, 1.54) is 17.4 Å². The van der Waals surface area contributed by atoms with E-state index in [1.54, 1.807) is 23.0 Å². The molecule has 1 fully saturated rings. The number of para-hydroxylation sites is 1. The summed E-state index contributed by atoms with van der Waals surface area (Å²) >= 11 is 7.59. The van der Waals surface area contributed by atoms with Gasteiger partial charge in [-0.05, 0) is 47.7 Å². The maximum atomic E-state index is 13.2. The van der Waals surface area contributed by atoms with Crippen LogP contribution in [0.5, 0.6) is 17.2 Å². The Morgan fingerprint density at radius 2 is 1.92 bits per heavy atom. The first-order chi connectivity index (χ1) is 23.5. The molecular formula is C35H36ClN7O5S. The minimum absolute atomic E-state index is 0.0421. The minimum Gasteiger partial charge on any atom is -0.710 e. The minimum atomic E-state index is -0.434. The van der Waals surface area contributed by atoms with Gasteiger partial charge in [0.2, 0.25) is 0 Å². The van der Waals surface area contributed by atoms with Gasteiger partial charge in [-0.25, -0.2) is 14.2 Å². The van der Waals surface area contributed by atoms with Crippen molar-refractivity contribution in [3.63, 3.8) is 0 Å². The number of imidazole rings is 1. The Hall–Kier alpha value is -4.82. The van der Waals surface area contributed by atoms with Gasteiger partial charge in [-0.15, -0.1) is 0 Å². The zero-order valence-corrected chi connectivity index (χ0v) is 28.8. The van der Waals surface area contributed by atoms with Crippen LogP contribution in [0.1, 0.15) is 37.7 Å². The van der Waals surface area contributed by atoms with Crippen LogP contribution in [0, 0.1) is 5.21 Å². The second-order valence-corrected chi connectivity index (χ2v) is 14.3. The molecule has 1 saturated heterocycles. The predicted molar refractivity (Wildman–Crippen MR) is 189 cm³/mol. The van der Waals surface area contributed by atoms with Crippen LogP contribution in [0.3, 0.4) is 0 Å². The number of anilines is 1. The molecule has 2 amide bonds. The Labute approximate surface area is 291 Å². The zero-order chi connectivity index (χ0) is 34.3. The molecule has 14 heteroatoms. The predicted octanol–water partition coefficient (Wildman–Crippen LogP) is 6.58. The highest BCUT2D eigenvalue weighted by Gasteiger charge is 2.24. The number of hydrogen-bond acceptors (Lipinski definition) is 8. The van der Waals surface area contributed by atoms with Gasteiger partial charge >= 0.3 is 11.0 Å². The average Bonchev–Trinajstić information content (AvgIpc) is 3.76. The van der Waals surface area contributed by atoms with E-state index in [-0.39, 0.29) is 22.7 Å². The van der Waals surface area contributed by atoms with E-state index in [1.807, 2.05) is 73.7 Å². The summed E-state index contributed by atoms with van der Waals surface area (Å²) in [5, 5.41) is 33.4. The van der Waals surface area contributed by atoms with E-state index in [0.717, 1.165) is 45.0 Å². The fraction of sp³-hybridized carbons (Fsp3) is 0.286. The molecule has 0 spiro atoms. The van der Waals surface area contributed by atoms with Crippen LogP contribution in [0.4, 0.5) is 10.6 Å². The van der Waals surface area contributed by atoms with Crippen LogP contribution in [0.15, 0.2) is 72.9 Å². The molecule has 6 aromatic rings. The van der Waals surface area contributed by atoms with Crippen molar-refractivity contribution in [1.29, 1.82) is 0 Å². The Morgan fingerprint density at radius 3 is 2.69 bits per heavy atom. The first-order valence-corrected chi connectivity index (χ1v) is 17.1. The average molecular weight is 702 g/mol. The van der Waals surface area contributed by atoms with Crippen molar-refractivity contribution in [2.24, 2.45) is 0 Å². The Kier molecular flexibility index (Phi) is 8.84. The molecule has 4 heterocycles. The second-order valence-electron chi connectivity index (χ2n) is 12.9. The van der Waals surface area contributed by atoms with Gasteiger partial charge in [0.1, 0.15) is 29.3 Å². The van der Waals surface area contributed by atoms with Crippen LogP contribution < -0.4 is 20.1 Å². The van der Waals surface area contributed by atoms with Crippen molar-refractivity contribution in [1.82, 2.24) is 24.4 Å². The largest absolute Gasteiger partial charge is 0.710 e. The number of carbonyl (C=O) groups excluding carboxylic acids is 1. The monoisotopic (exact) mass is 701 g/mol. The van der Waals surface area contributed by atoms with Crippen LogP contribution >= 0.6 is 22.9 Å². The number of morpholine rings is 1. The van der Waals surface area contributed by atoms with E-state index in [9.17, 15) is 15.1 Å². The molecule has 7 rings (SSSR count). The van der Waals surface area contributed by atoms with E-state index in [4.69, 9.17) is 26.2 Å². The molecule has 1 aliphatic heterocycles. The highest BCUT2D eigenvalue weighted by molar-refractivity contribution is 7.23. The van der Waals surface area contributed by atoms with Crippen LogP contribution in [-0.4, -0.2) is 56.5 Å². The number of phenols is 1. The molecule has 0 unspecified atom stereocenters. The fourth-order valence-corrected chi connectivity index (χ4v) is 6.97. The van der Waals surface area contributed by atoms with Crippen LogP contribution in [0.25, 0.3) is 20.9 Å². The third-order valence-electron chi connectivity index (χ3n) is 8.33. The van der Waals surface area contributed by atoms with Crippen molar-refractivity contribution in [2.45, 2.75) is 39.3 Å². The molecule has 0 saturated carbocycles. The van der Waals surface area contributed by atoms with Gasteiger partial charge in [0.05, 0.1) is 40.9 Å². The SMILES string of the molecule is CC(C)(C)c1cc(NC(=O)NCc2ccccc2Oc2ccc3c(c2)sc2n3c(CN3CCOCC3)c[n+]2[O-])n(-c2ccc(O)c(Cl)c2)n1. The Balaban J connectivity index is 1.07. The van der Waals surface area contributed by atoms with Gasteiger partial charge in [0.15, 0.2) is 11.2 Å². The molecule has 0 aliphatic carbocycles. The number of carbonyl (C=O) groups is 1. The lowest BCUT2D eigenvalue weighted by Gasteiger charge is -2.25. The summed E-state index contributed by atoms with van der Waals surface area (Å²) in [5.41, 5.74) is 3.73. The summed E-state index contributed by atoms with van der Waals surface area (Å²) in [5.74, 6) is 1.62. The third-order valence-corrected chi connectivity index (χ3v) is 9.73. The summed E-state index contributed by atoms with van der Waals surface area (Å²) in [4.78, 5) is 16.1. The molecule has 3 aromatic heterocycles. The molecule has 0 radical (unpaired) electrons. The number of amides is 2. The molecule has 12 nitrogen and oxygen atoms in total. The first-order valence-electron chi connectivity index (χ1n) is 15.9. The second kappa shape index (κ2) is 13.2. The molecule has 0 atom stereocenters. The number of urea groups is 1. The highest BCUT2D eigenvalue weighted by atomic mass is 35.5. The third kappa shape index (κ3) is 6.88. The van der Waals surface area contributed by atoms with Gasteiger partial charge < -0.3 is 25.1 Å². The normalized spacial score (nSPS) is 14.0. The molecule has 49 heavy (non-hydrogen) atoms. The number of ether oxygens (including phenoxy) is 2. The number of nitrogens with one attached hydrogen (secondary N) is 2. The maximum Gasteiger partial charge on any atom is 0.350 e. The van der Waals surface area contributed by atoms with Gasteiger partial charge in [0.25, 0.3) is 0 Å². The van der Waals surface area contributed by atoms with E-state index >= 15 is 0 Å². The number of aromatic nitrogens is 4. The van der Waals surface area contributed by atoms with Gasteiger partial charge in [-0.3, -0.25) is 10.2 Å². The number of phenolic OH excluding ortho intramolecular Hbond substituents is 1. The summed E-state index contributed by atoms with van der Waals surface area (Å²) in [6.45, 7) is 10.0. The van der Waals surface area contributed by atoms with Crippen molar-refractivity contribution in [2.75, 3.05) is 31.6 Å². The topological polar surface area (TPSA) is 132 Å². The van der Waals surface area contributed by atoms with Crippen molar-refractivity contribution < 1.29 is 24.1 Å². The van der Waals surface area contributed by atoms with Gasteiger partial charge in [-0.1, -0.05) is 50.6 Å². The summed E-state index contributed by atoms with van der Waals surface area (Å²) in [6.07, 6.45) is 1.66. The van der Waals surface area contributed by atoms with Crippen molar-refractivity contribution in [3.05, 3.63) is 100 Å². The number of halogens is 1. The number of aromatic hydroxyl groups is 1. The summed E-state index contributed by atoms with van der Waals surface area (Å²) in [7, 11) is 0. The number of thiazole rings is 1. The van der Waals surface area contributed by atoms with E-state index in [2.05, 4.69) is 15.5 Å². The van der Waals surface area contributed by atoms with Crippen LogP contribution in [-0.2, 0) is 23.2 Å². The summed E-state index contributed by atoms with van der Waals surface area (Å²) < 4.78 is 17.3. The summed E-state index contributed by atoms with van der Waals surface area (Å²) in [6, 6.07) is 19.4. The zero-order valence-electron chi connectivity index (χ0n) is 27.3. The smallest absolute Gasteiger partial charge is 0.350 e. The number of benzene rings is 3. The lowest BCUT2D eigenvalue weighted by atomic mass is 9.92. The Morgan fingerprint density at radius 1 is 1.12 bits per heavy atom. The van der Waals surface area contributed by atoms with Gasteiger partial charge in [-0.2, -0.15) is 9.50 Å². The fourth-order valence-electron chi connectivity index (χ4n) is 5.71. The quantitative estimate of drug-likeness (QED) is 0.121. The lowest BCUT2D eigenvalue weighted by Crippen LogP contribution is -2.36. The molecular weight excluding hydrogens is 666 g/mol. The van der Waals surface area contributed by atoms with Crippen molar-refractivity contribution >= 4 is 50.0 Å².